The quantitative estimate of drug-likeness (QED) is 0.574. The number of nitrogens with one attached hydrogen (secondary N) is 3. The third-order valence-electron chi connectivity index (χ3n) is 4.93. The molecule has 0 bridgehead atoms. The summed E-state index contributed by atoms with van der Waals surface area (Å²) < 4.78 is 28.8. The molecule has 0 radical (unpaired) electrons. The summed E-state index contributed by atoms with van der Waals surface area (Å²) in [7, 11) is -3.89. The number of rotatable bonds is 6. The van der Waals surface area contributed by atoms with Crippen molar-refractivity contribution in [3.8, 4) is 0 Å². The van der Waals surface area contributed by atoms with Crippen LogP contribution in [0.25, 0.3) is 10.9 Å². The minimum absolute atomic E-state index is 0.00916. The van der Waals surface area contributed by atoms with Crippen molar-refractivity contribution in [2.75, 3.05) is 0 Å². The van der Waals surface area contributed by atoms with Gasteiger partial charge in [0.05, 0.1) is 15.8 Å². The van der Waals surface area contributed by atoms with Crippen molar-refractivity contribution in [2.45, 2.75) is 44.6 Å². The minimum Gasteiger partial charge on any atom is -0.307 e. The number of H-pyrrole nitrogens is 2. The van der Waals surface area contributed by atoms with Crippen molar-refractivity contribution >= 4 is 20.9 Å². The highest BCUT2D eigenvalue weighted by Crippen LogP contribution is 2.26. The first-order chi connectivity index (χ1) is 13.6. The normalized spacial score (nSPS) is 13.3. The zero-order valence-electron chi connectivity index (χ0n) is 16.8. The Balaban J connectivity index is 1.98. The standard InChI is InChI=1S/C21H25N3O4S/c1-12(2)14-5-7-15(8-6-14)19(13(3)4)24-29(27,28)16-9-10-18-17(11-16)20(25)23-21(26)22-18/h5-13,19,24H,1-4H3,(H2,22,23,25,26)/t19-/m1/s1. The van der Waals surface area contributed by atoms with Crippen LogP contribution >= 0.6 is 0 Å². The van der Waals surface area contributed by atoms with Gasteiger partial charge in [0.25, 0.3) is 5.56 Å². The van der Waals surface area contributed by atoms with Gasteiger partial charge in [-0.3, -0.25) is 9.78 Å². The van der Waals surface area contributed by atoms with Crippen molar-refractivity contribution in [1.82, 2.24) is 14.7 Å². The highest BCUT2D eigenvalue weighted by molar-refractivity contribution is 7.89. The lowest BCUT2D eigenvalue weighted by Gasteiger charge is -2.23. The number of benzene rings is 2. The summed E-state index contributed by atoms with van der Waals surface area (Å²) in [6.07, 6.45) is 0. The van der Waals surface area contributed by atoms with Gasteiger partial charge in [-0.2, -0.15) is 0 Å². The molecule has 1 atom stereocenters. The van der Waals surface area contributed by atoms with Gasteiger partial charge >= 0.3 is 5.69 Å². The Kier molecular flexibility index (Phi) is 5.77. The van der Waals surface area contributed by atoms with Gasteiger partial charge in [0.1, 0.15) is 0 Å². The smallest absolute Gasteiger partial charge is 0.307 e. The first-order valence-corrected chi connectivity index (χ1v) is 11.0. The molecule has 154 valence electrons. The molecule has 0 aliphatic rings. The van der Waals surface area contributed by atoms with E-state index in [0.29, 0.717) is 5.92 Å². The van der Waals surface area contributed by atoms with Crippen LogP contribution in [0.5, 0.6) is 0 Å². The van der Waals surface area contributed by atoms with Gasteiger partial charge in [-0.15, -0.1) is 0 Å². The van der Waals surface area contributed by atoms with E-state index in [1.165, 1.54) is 23.8 Å². The van der Waals surface area contributed by atoms with E-state index in [9.17, 15) is 18.0 Å². The first-order valence-electron chi connectivity index (χ1n) is 9.47. The van der Waals surface area contributed by atoms with Crippen LogP contribution in [-0.4, -0.2) is 18.4 Å². The third kappa shape index (κ3) is 4.49. The Bertz CT molecular complexity index is 1240. The summed E-state index contributed by atoms with van der Waals surface area (Å²) in [6, 6.07) is 11.5. The molecule has 3 rings (SSSR count). The lowest BCUT2D eigenvalue weighted by atomic mass is 9.94. The molecule has 3 N–H and O–H groups in total. The summed E-state index contributed by atoms with van der Waals surface area (Å²) in [6.45, 7) is 8.09. The SMILES string of the molecule is CC(C)c1ccc([C@H](NS(=O)(=O)c2ccc3[nH]c(=O)[nH]c(=O)c3c2)C(C)C)cc1. The molecular formula is C21H25N3O4S. The van der Waals surface area contributed by atoms with Gasteiger partial charge in [-0.05, 0) is 41.2 Å². The number of hydrogen-bond acceptors (Lipinski definition) is 4. The van der Waals surface area contributed by atoms with Crippen LogP contribution in [0.1, 0.15) is 50.8 Å². The van der Waals surface area contributed by atoms with Crippen molar-refractivity contribution < 1.29 is 8.42 Å². The second-order valence-corrected chi connectivity index (χ2v) is 9.49. The van der Waals surface area contributed by atoms with Crippen LogP contribution in [0.4, 0.5) is 0 Å². The van der Waals surface area contributed by atoms with Crippen LogP contribution in [0, 0.1) is 5.92 Å². The minimum atomic E-state index is -3.89. The van der Waals surface area contributed by atoms with E-state index in [-0.39, 0.29) is 21.7 Å². The molecule has 1 aromatic heterocycles. The molecule has 0 aliphatic carbocycles. The predicted octanol–water partition coefficient (Wildman–Crippen LogP) is 3.02. The summed E-state index contributed by atoms with van der Waals surface area (Å²) in [5.41, 5.74) is 1.06. The number of fused-ring (bicyclic) bond motifs is 1. The molecule has 7 nitrogen and oxygen atoms in total. The van der Waals surface area contributed by atoms with Crippen LogP contribution < -0.4 is 16.0 Å². The molecule has 0 amide bonds. The van der Waals surface area contributed by atoms with Crippen LogP contribution in [0.2, 0.25) is 0 Å². The third-order valence-corrected chi connectivity index (χ3v) is 6.37. The van der Waals surface area contributed by atoms with Crippen molar-refractivity contribution in [3.63, 3.8) is 0 Å². The monoisotopic (exact) mass is 415 g/mol. The Morgan fingerprint density at radius 2 is 1.48 bits per heavy atom. The van der Waals surface area contributed by atoms with E-state index >= 15 is 0 Å². The summed E-state index contributed by atoms with van der Waals surface area (Å²) in [5, 5.41) is 0.106. The van der Waals surface area contributed by atoms with Gasteiger partial charge < -0.3 is 4.98 Å². The molecule has 0 saturated heterocycles. The van der Waals surface area contributed by atoms with E-state index in [0.717, 1.165) is 5.56 Å². The van der Waals surface area contributed by atoms with E-state index in [4.69, 9.17) is 0 Å². The number of aromatic amines is 2. The lowest BCUT2D eigenvalue weighted by Crippen LogP contribution is -2.32. The van der Waals surface area contributed by atoms with Crippen LogP contribution in [0.15, 0.2) is 56.9 Å². The molecular weight excluding hydrogens is 390 g/mol. The lowest BCUT2D eigenvalue weighted by molar-refractivity contribution is 0.463. The molecule has 0 fully saturated rings. The maximum atomic E-state index is 13.0. The average molecular weight is 416 g/mol. The molecule has 0 saturated carbocycles. The largest absolute Gasteiger partial charge is 0.326 e. The fourth-order valence-corrected chi connectivity index (χ4v) is 4.62. The Morgan fingerprint density at radius 1 is 0.862 bits per heavy atom. The Hall–Kier alpha value is -2.71. The highest BCUT2D eigenvalue weighted by Gasteiger charge is 2.24. The first kappa shape index (κ1) is 21.0. The number of sulfonamides is 1. The fourth-order valence-electron chi connectivity index (χ4n) is 3.22. The highest BCUT2D eigenvalue weighted by atomic mass is 32.2. The number of aromatic nitrogens is 2. The van der Waals surface area contributed by atoms with E-state index in [1.54, 1.807) is 0 Å². The maximum Gasteiger partial charge on any atom is 0.326 e. The van der Waals surface area contributed by atoms with Gasteiger partial charge in [0, 0.05) is 6.04 Å². The molecule has 2 aromatic carbocycles. The van der Waals surface area contributed by atoms with E-state index < -0.39 is 27.3 Å². The van der Waals surface area contributed by atoms with Crippen LogP contribution in [0.3, 0.4) is 0 Å². The molecule has 0 unspecified atom stereocenters. The summed E-state index contributed by atoms with van der Waals surface area (Å²) >= 11 is 0. The predicted molar refractivity (Wildman–Crippen MR) is 114 cm³/mol. The summed E-state index contributed by atoms with van der Waals surface area (Å²) in [4.78, 5) is 28.0. The fraction of sp³-hybridized carbons (Fsp3) is 0.333. The van der Waals surface area contributed by atoms with Crippen LogP contribution in [-0.2, 0) is 10.0 Å². The van der Waals surface area contributed by atoms with Crippen molar-refractivity contribution in [1.29, 1.82) is 0 Å². The topological polar surface area (TPSA) is 112 Å². The Morgan fingerprint density at radius 3 is 2.07 bits per heavy atom. The van der Waals surface area contributed by atoms with Gasteiger partial charge in [-0.1, -0.05) is 52.0 Å². The summed E-state index contributed by atoms with van der Waals surface area (Å²) in [5.74, 6) is 0.398. The maximum absolute atomic E-state index is 13.0. The molecule has 29 heavy (non-hydrogen) atoms. The number of hydrogen-bond donors (Lipinski definition) is 3. The van der Waals surface area contributed by atoms with Gasteiger partial charge in [0.2, 0.25) is 10.0 Å². The van der Waals surface area contributed by atoms with E-state index in [1.807, 2.05) is 38.1 Å². The zero-order chi connectivity index (χ0) is 21.3. The molecule has 1 heterocycles. The van der Waals surface area contributed by atoms with Crippen molar-refractivity contribution in [2.24, 2.45) is 5.92 Å². The van der Waals surface area contributed by atoms with Gasteiger partial charge in [-0.25, -0.2) is 17.9 Å². The zero-order valence-corrected chi connectivity index (χ0v) is 17.6. The Labute approximate surface area is 169 Å². The van der Waals surface area contributed by atoms with Crippen molar-refractivity contribution in [3.05, 3.63) is 74.4 Å². The second-order valence-electron chi connectivity index (χ2n) is 7.78. The average Bonchev–Trinajstić information content (AvgIpc) is 2.65. The molecule has 3 aromatic rings. The second kappa shape index (κ2) is 7.96. The molecule has 0 aliphatic heterocycles. The van der Waals surface area contributed by atoms with E-state index in [2.05, 4.69) is 28.5 Å². The molecule has 8 heteroatoms. The van der Waals surface area contributed by atoms with Gasteiger partial charge in [0.15, 0.2) is 0 Å². The molecule has 0 spiro atoms.